The van der Waals surface area contributed by atoms with Crippen molar-refractivity contribution >= 4 is 5.91 Å². The fraction of sp³-hybridized carbons (Fsp3) is 0.909. The molecule has 2 aliphatic rings. The largest absolute Gasteiger partial charge is 0.379 e. The second-order valence-electron chi connectivity index (χ2n) is 4.99. The van der Waals surface area contributed by atoms with Gasteiger partial charge in [-0.25, -0.2) is 4.39 Å². The monoisotopic (exact) mass is 215 g/mol. The summed E-state index contributed by atoms with van der Waals surface area (Å²) in [6, 6.07) is 0.0266. The number of carbonyl (C=O) groups is 1. The van der Waals surface area contributed by atoms with E-state index in [1.165, 1.54) is 0 Å². The highest BCUT2D eigenvalue weighted by atomic mass is 19.1. The number of nitrogens with one attached hydrogen (secondary N) is 1. The zero-order valence-electron chi connectivity index (χ0n) is 9.09. The molecule has 0 unspecified atom stereocenters. The highest BCUT2D eigenvalue weighted by Gasteiger charge is 2.42. The third-order valence-electron chi connectivity index (χ3n) is 3.33. The van der Waals surface area contributed by atoms with Gasteiger partial charge in [-0.05, 0) is 32.6 Å². The van der Waals surface area contributed by atoms with Gasteiger partial charge in [-0.2, -0.15) is 0 Å². The molecule has 1 aliphatic heterocycles. The molecule has 86 valence electrons. The number of alkyl halides is 1. The Morgan fingerprint density at radius 1 is 1.47 bits per heavy atom. The Labute approximate surface area is 89.4 Å². The molecule has 2 atom stereocenters. The summed E-state index contributed by atoms with van der Waals surface area (Å²) in [5.41, 5.74) is -0.372. The summed E-state index contributed by atoms with van der Waals surface area (Å²) in [7, 11) is 0. The van der Waals surface area contributed by atoms with E-state index in [0.29, 0.717) is 26.1 Å². The molecule has 15 heavy (non-hydrogen) atoms. The molecular formula is C11H18FNO2. The van der Waals surface area contributed by atoms with E-state index in [2.05, 4.69) is 5.32 Å². The number of hydrogen-bond donors (Lipinski definition) is 1. The molecule has 2 rings (SSSR count). The van der Waals surface area contributed by atoms with Crippen molar-refractivity contribution in [2.24, 2.45) is 5.41 Å². The van der Waals surface area contributed by atoms with E-state index in [1.807, 2.05) is 6.92 Å². The smallest absolute Gasteiger partial charge is 0.230 e. The van der Waals surface area contributed by atoms with E-state index in [4.69, 9.17) is 4.74 Å². The molecule has 0 spiro atoms. The van der Waals surface area contributed by atoms with Crippen LogP contribution in [0.25, 0.3) is 0 Å². The average molecular weight is 215 g/mol. The van der Waals surface area contributed by atoms with Crippen LogP contribution in [0.4, 0.5) is 4.39 Å². The molecule has 1 N–H and O–H groups in total. The maximum absolute atomic E-state index is 13.1. The summed E-state index contributed by atoms with van der Waals surface area (Å²) in [6.45, 7) is 2.87. The molecular weight excluding hydrogens is 197 g/mol. The summed E-state index contributed by atoms with van der Waals surface area (Å²) in [6.07, 6.45) is 2.16. The highest BCUT2D eigenvalue weighted by Crippen LogP contribution is 2.28. The quantitative estimate of drug-likeness (QED) is 0.756. The third kappa shape index (κ3) is 2.30. The van der Waals surface area contributed by atoms with Crippen molar-refractivity contribution in [2.75, 3.05) is 13.2 Å². The Hall–Kier alpha value is -0.640. The van der Waals surface area contributed by atoms with Crippen molar-refractivity contribution in [3.63, 3.8) is 0 Å². The van der Waals surface area contributed by atoms with Crippen LogP contribution in [-0.4, -0.2) is 31.3 Å². The standard InChI is InChI=1S/C11H18FNO2/c1-11(6-15-7-11)10(14)13-9-4-2-3-8(12)5-9/h8-9H,2-7H2,1H3,(H,13,14)/t8-,9+/m1/s1. The first kappa shape index (κ1) is 10.9. The van der Waals surface area contributed by atoms with Crippen molar-refractivity contribution in [2.45, 2.75) is 44.8 Å². The topological polar surface area (TPSA) is 38.3 Å². The summed E-state index contributed by atoms with van der Waals surface area (Å²) in [5.74, 6) is 0.0212. The first-order chi connectivity index (χ1) is 7.10. The molecule has 0 bridgehead atoms. The number of amides is 1. The molecule has 0 aromatic rings. The lowest BCUT2D eigenvalue weighted by Gasteiger charge is -2.38. The van der Waals surface area contributed by atoms with Crippen LogP contribution in [0.2, 0.25) is 0 Å². The predicted octanol–water partition coefficient (Wildman–Crippen LogP) is 1.42. The minimum atomic E-state index is -0.741. The van der Waals surface area contributed by atoms with Gasteiger partial charge in [-0.1, -0.05) is 0 Å². The van der Waals surface area contributed by atoms with Crippen molar-refractivity contribution < 1.29 is 13.9 Å². The van der Waals surface area contributed by atoms with Gasteiger partial charge in [0, 0.05) is 6.04 Å². The van der Waals surface area contributed by atoms with Crippen molar-refractivity contribution in [3.05, 3.63) is 0 Å². The number of hydrogen-bond acceptors (Lipinski definition) is 2. The van der Waals surface area contributed by atoms with Gasteiger partial charge in [0.15, 0.2) is 0 Å². The summed E-state index contributed by atoms with van der Waals surface area (Å²) in [4.78, 5) is 11.8. The molecule has 2 fully saturated rings. The first-order valence-electron chi connectivity index (χ1n) is 5.63. The van der Waals surface area contributed by atoms with E-state index >= 15 is 0 Å². The van der Waals surface area contributed by atoms with E-state index < -0.39 is 6.17 Å². The van der Waals surface area contributed by atoms with E-state index in [9.17, 15) is 9.18 Å². The van der Waals surface area contributed by atoms with Crippen molar-refractivity contribution in [1.29, 1.82) is 0 Å². The zero-order valence-corrected chi connectivity index (χ0v) is 9.09. The molecule has 4 heteroatoms. The lowest BCUT2D eigenvalue weighted by molar-refractivity contribution is -0.158. The van der Waals surface area contributed by atoms with Crippen LogP contribution < -0.4 is 5.32 Å². The minimum Gasteiger partial charge on any atom is -0.379 e. The lowest BCUT2D eigenvalue weighted by Crippen LogP contribution is -2.54. The van der Waals surface area contributed by atoms with E-state index in [1.54, 1.807) is 0 Å². The Kier molecular flexibility index (Phi) is 2.96. The maximum Gasteiger partial charge on any atom is 0.230 e. The van der Waals surface area contributed by atoms with Crippen molar-refractivity contribution in [1.82, 2.24) is 5.32 Å². The average Bonchev–Trinajstić information content (AvgIpc) is 2.14. The number of halogens is 1. The van der Waals surface area contributed by atoms with Gasteiger partial charge >= 0.3 is 0 Å². The Morgan fingerprint density at radius 3 is 2.73 bits per heavy atom. The molecule has 1 heterocycles. The molecule has 1 saturated carbocycles. The maximum atomic E-state index is 13.1. The number of carbonyl (C=O) groups excluding carboxylic acids is 1. The summed E-state index contributed by atoms with van der Waals surface area (Å²) < 4.78 is 18.1. The fourth-order valence-electron chi connectivity index (χ4n) is 2.16. The van der Waals surface area contributed by atoms with Crippen LogP contribution in [0.1, 0.15) is 32.6 Å². The zero-order chi connectivity index (χ0) is 10.9. The van der Waals surface area contributed by atoms with Gasteiger partial charge in [0.25, 0.3) is 0 Å². The second-order valence-corrected chi connectivity index (χ2v) is 4.99. The molecule has 1 aliphatic carbocycles. The second kappa shape index (κ2) is 4.08. The first-order valence-corrected chi connectivity index (χ1v) is 5.63. The van der Waals surface area contributed by atoms with Crippen LogP contribution in [0.3, 0.4) is 0 Å². The molecule has 1 amide bonds. The molecule has 3 nitrogen and oxygen atoms in total. The van der Waals surface area contributed by atoms with Crippen LogP contribution in [0.15, 0.2) is 0 Å². The van der Waals surface area contributed by atoms with Crippen LogP contribution in [0, 0.1) is 5.41 Å². The number of rotatable bonds is 2. The number of ether oxygens (including phenoxy) is 1. The van der Waals surface area contributed by atoms with Crippen LogP contribution >= 0.6 is 0 Å². The van der Waals surface area contributed by atoms with Gasteiger partial charge in [-0.3, -0.25) is 4.79 Å². The molecule has 0 aromatic heterocycles. The van der Waals surface area contributed by atoms with Crippen LogP contribution in [0.5, 0.6) is 0 Å². The highest BCUT2D eigenvalue weighted by molar-refractivity contribution is 5.83. The van der Waals surface area contributed by atoms with Gasteiger partial charge in [0.1, 0.15) is 6.17 Å². The lowest BCUT2D eigenvalue weighted by atomic mass is 9.86. The summed E-state index contributed by atoms with van der Waals surface area (Å²) >= 11 is 0. The molecule has 1 saturated heterocycles. The molecule has 0 radical (unpaired) electrons. The Balaban J connectivity index is 1.83. The van der Waals surface area contributed by atoms with Gasteiger partial charge < -0.3 is 10.1 Å². The summed E-state index contributed by atoms with van der Waals surface area (Å²) in [5, 5.41) is 2.93. The van der Waals surface area contributed by atoms with Gasteiger partial charge in [0.05, 0.1) is 18.6 Å². The molecule has 0 aromatic carbocycles. The normalized spacial score (nSPS) is 34.3. The fourth-order valence-corrected chi connectivity index (χ4v) is 2.16. The third-order valence-corrected chi connectivity index (χ3v) is 3.33. The van der Waals surface area contributed by atoms with E-state index in [-0.39, 0.29) is 17.4 Å². The predicted molar refractivity (Wildman–Crippen MR) is 54.2 cm³/mol. The van der Waals surface area contributed by atoms with E-state index in [0.717, 1.165) is 12.8 Å². The van der Waals surface area contributed by atoms with Gasteiger partial charge in [-0.15, -0.1) is 0 Å². The van der Waals surface area contributed by atoms with Crippen LogP contribution in [-0.2, 0) is 9.53 Å². The van der Waals surface area contributed by atoms with Crippen molar-refractivity contribution in [3.8, 4) is 0 Å². The van der Waals surface area contributed by atoms with Gasteiger partial charge in [0.2, 0.25) is 5.91 Å². The Morgan fingerprint density at radius 2 is 2.20 bits per heavy atom. The Bertz CT molecular complexity index is 253. The minimum absolute atomic E-state index is 0.0212. The SMILES string of the molecule is CC1(C(=O)N[C@H]2CCC[C@@H](F)C2)COC1.